The lowest BCUT2D eigenvalue weighted by atomic mass is 9.33. The summed E-state index contributed by atoms with van der Waals surface area (Å²) in [6, 6.07) is 27.7. The predicted molar refractivity (Wildman–Crippen MR) is 272 cm³/mol. The number of aromatic nitrogens is 2. The highest BCUT2D eigenvalue weighted by Gasteiger charge is 2.44. The second-order valence-electron chi connectivity index (χ2n) is 17.6. The molecule has 0 bridgehead atoms. The highest BCUT2D eigenvalue weighted by molar-refractivity contribution is 7.00. The highest BCUT2D eigenvalue weighted by Crippen LogP contribution is 2.47. The van der Waals surface area contributed by atoms with Crippen molar-refractivity contribution in [3.63, 3.8) is 0 Å². The van der Waals surface area contributed by atoms with Crippen molar-refractivity contribution in [1.82, 2.24) is 9.13 Å². The van der Waals surface area contributed by atoms with E-state index in [1.165, 1.54) is 9.13 Å². The number of anilines is 6. The van der Waals surface area contributed by atoms with Gasteiger partial charge in [0, 0.05) is 67.0 Å². The van der Waals surface area contributed by atoms with Crippen LogP contribution < -0.4 is 26.2 Å². The largest absolute Gasteiger partial charge is 0.311 e. The summed E-state index contributed by atoms with van der Waals surface area (Å²) in [5.41, 5.74) is 8.62. The predicted octanol–water partition coefficient (Wildman–Crippen LogP) is 13.6. The molecule has 0 aliphatic carbocycles. The third-order valence-electron chi connectivity index (χ3n) is 12.4. The fourth-order valence-corrected chi connectivity index (χ4v) is 10.1. The molecular weight excluding hydrogens is 775 g/mol. The highest BCUT2D eigenvalue weighted by atomic mass is 15.2. The third-order valence-corrected chi connectivity index (χ3v) is 12.4. The van der Waals surface area contributed by atoms with Gasteiger partial charge < -0.3 is 18.9 Å². The van der Waals surface area contributed by atoms with Crippen LogP contribution in [0.2, 0.25) is 0 Å². The van der Waals surface area contributed by atoms with Gasteiger partial charge in [0.25, 0.3) is 6.71 Å². The monoisotopic (exact) mass is 836 g/mol. The van der Waals surface area contributed by atoms with E-state index in [2.05, 4.69) is 42.7 Å². The lowest BCUT2D eigenvalue weighted by Gasteiger charge is -2.45. The van der Waals surface area contributed by atoms with Gasteiger partial charge in [0.05, 0.1) is 44.0 Å². The summed E-state index contributed by atoms with van der Waals surface area (Å²) in [6.45, 7) is 5.95. The van der Waals surface area contributed by atoms with Gasteiger partial charge in [-0.3, -0.25) is 0 Å². The molecule has 0 atom stereocenters. The molecule has 64 heavy (non-hydrogen) atoms. The summed E-state index contributed by atoms with van der Waals surface area (Å²) < 4.78 is 147. The summed E-state index contributed by atoms with van der Waals surface area (Å²) in [5.74, 6) is 0. The van der Waals surface area contributed by atoms with Gasteiger partial charge >= 0.3 is 0 Å². The van der Waals surface area contributed by atoms with E-state index in [1.807, 2.05) is 84.9 Å². The zero-order valence-electron chi connectivity index (χ0n) is 51.0. The van der Waals surface area contributed by atoms with Crippen molar-refractivity contribution in [2.45, 2.75) is 27.2 Å². The Morgan fingerprint density at radius 1 is 0.422 bits per heavy atom. The minimum atomic E-state index is -0.544. The van der Waals surface area contributed by atoms with Crippen molar-refractivity contribution in [3.8, 4) is 11.4 Å². The van der Waals surface area contributed by atoms with Crippen LogP contribution in [0.4, 0.5) is 34.1 Å². The summed E-state index contributed by atoms with van der Waals surface area (Å²) in [7, 11) is 0. The standard InChI is InChI=1S/C59H45BN4/c1-59(2,3)38-39-34-56-58-57(35-39)62(41-20-8-5-9-21-41)55-37-43(64-52-28-16-12-24-46(52)47-25-13-17-29-53(47)64)31-33-49(55)60(58)48-32-30-42(36-54(48)61(56)40-18-6-4-7-19-40)63-50-26-14-10-22-44(50)45-23-11-15-27-51(45)63/h4-37H,38H2,1-3H3/i10D,11D,12D,13D,14D,15D,16D,17D,22D,23D,24D,25D,26D,27D,28D,29D. The second kappa shape index (κ2) is 13.9. The first-order chi connectivity index (χ1) is 38.0. The van der Waals surface area contributed by atoms with Gasteiger partial charge in [0.2, 0.25) is 0 Å². The van der Waals surface area contributed by atoms with E-state index in [0.717, 1.165) is 44.7 Å². The SMILES string of the molecule is [2H]c1c([2H])c([2H])c2c(c1[2H])c1c([2H])c([2H])c([2H])c([2H])c1n2-c1ccc2c(c1)N(c1ccccc1)c1cc(CC(C)(C)C)cc3c1B2c1ccc(-n2c4c([2H])c([2H])c([2H])c([2H])c4c4c([2H])c([2H])c([2H])c([2H])c42)cc1N3c1ccccc1. The topological polar surface area (TPSA) is 16.3 Å². The molecule has 11 aromatic rings. The molecule has 9 aromatic carbocycles. The first-order valence-corrected chi connectivity index (χ1v) is 21.2. The maximum absolute atomic E-state index is 9.34. The van der Waals surface area contributed by atoms with Crippen LogP contribution in [0.5, 0.6) is 0 Å². The van der Waals surface area contributed by atoms with Crippen molar-refractivity contribution >= 4 is 101 Å². The molecule has 0 fully saturated rings. The molecule has 13 rings (SSSR count). The van der Waals surface area contributed by atoms with E-state index in [-0.39, 0.29) is 49.0 Å². The molecule has 304 valence electrons. The Morgan fingerprint density at radius 2 is 0.797 bits per heavy atom. The Labute approximate surface area is 396 Å². The van der Waals surface area contributed by atoms with E-state index in [9.17, 15) is 5.48 Å². The van der Waals surface area contributed by atoms with E-state index in [4.69, 9.17) is 16.4 Å². The molecule has 4 nitrogen and oxygen atoms in total. The number of hydrogen-bond acceptors (Lipinski definition) is 2. The minimum Gasteiger partial charge on any atom is -0.311 e. The van der Waals surface area contributed by atoms with Crippen molar-refractivity contribution in [3.05, 3.63) is 211 Å². The van der Waals surface area contributed by atoms with Crippen LogP contribution in [0, 0.1) is 5.41 Å². The average Bonchev–Trinajstić information content (AvgIpc) is 3.98. The lowest BCUT2D eigenvalue weighted by Crippen LogP contribution is -2.61. The van der Waals surface area contributed by atoms with Gasteiger partial charge in [-0.25, -0.2) is 0 Å². The van der Waals surface area contributed by atoms with E-state index in [1.54, 1.807) is 12.1 Å². The fourth-order valence-electron chi connectivity index (χ4n) is 10.1. The van der Waals surface area contributed by atoms with Crippen molar-refractivity contribution in [1.29, 1.82) is 0 Å². The molecule has 5 heteroatoms. The minimum absolute atomic E-state index is 0.0102. The van der Waals surface area contributed by atoms with Crippen LogP contribution in [0.1, 0.15) is 48.3 Å². The first kappa shape index (κ1) is 24.2. The lowest BCUT2D eigenvalue weighted by molar-refractivity contribution is 0.411. The fraction of sp³-hybridized carbons (Fsp3) is 0.0847. The zero-order valence-corrected chi connectivity index (χ0v) is 35.0. The molecule has 4 heterocycles. The van der Waals surface area contributed by atoms with Crippen LogP contribution in [0.3, 0.4) is 0 Å². The third kappa shape index (κ3) is 5.50. The van der Waals surface area contributed by atoms with Crippen LogP contribution >= 0.6 is 0 Å². The number of rotatable bonds is 5. The van der Waals surface area contributed by atoms with E-state index >= 15 is 0 Å². The molecular formula is C59H45BN4. The number of fused-ring (bicyclic) bond motifs is 10. The normalized spacial score (nSPS) is 16.7. The van der Waals surface area contributed by atoms with Crippen molar-refractivity contribution < 1.29 is 21.9 Å². The maximum atomic E-state index is 9.34. The zero-order chi connectivity index (χ0) is 56.6. The summed E-state index contributed by atoms with van der Waals surface area (Å²) in [5, 5.41) is -0.149. The molecule has 0 spiro atoms. The average molecular weight is 837 g/mol. The van der Waals surface area contributed by atoms with E-state index in [0.29, 0.717) is 29.2 Å². The van der Waals surface area contributed by atoms with Gasteiger partial charge in [-0.05, 0) is 119 Å². The Balaban J connectivity index is 1.17. The Hall–Kier alpha value is -7.76. The van der Waals surface area contributed by atoms with E-state index < -0.39 is 103 Å². The van der Waals surface area contributed by atoms with Gasteiger partial charge in [-0.15, -0.1) is 0 Å². The van der Waals surface area contributed by atoms with Crippen molar-refractivity contribution in [2.24, 2.45) is 5.41 Å². The molecule has 0 radical (unpaired) electrons. The molecule has 0 N–H and O–H groups in total. The summed E-state index contributed by atoms with van der Waals surface area (Å²) in [6.07, 6.45) is 0.639. The Morgan fingerprint density at radius 3 is 1.17 bits per heavy atom. The second-order valence-corrected chi connectivity index (χ2v) is 17.6. The molecule has 0 saturated carbocycles. The quantitative estimate of drug-likeness (QED) is 0.161. The molecule has 0 amide bonds. The molecule has 0 unspecified atom stereocenters. The first-order valence-electron chi connectivity index (χ1n) is 29.2. The summed E-state index contributed by atoms with van der Waals surface area (Å²) in [4.78, 5) is 4.33. The number of nitrogens with zero attached hydrogens (tertiary/aromatic N) is 4. The van der Waals surface area contributed by atoms with Gasteiger partial charge in [-0.1, -0.05) is 142 Å². The molecule has 0 saturated heterocycles. The van der Waals surface area contributed by atoms with Gasteiger partial charge in [0.15, 0.2) is 0 Å². The number of para-hydroxylation sites is 6. The Kier molecular flexibility index (Phi) is 5.24. The van der Waals surface area contributed by atoms with Crippen LogP contribution in [-0.4, -0.2) is 15.8 Å². The van der Waals surface area contributed by atoms with Gasteiger partial charge in [-0.2, -0.15) is 0 Å². The van der Waals surface area contributed by atoms with Gasteiger partial charge in [0.1, 0.15) is 0 Å². The Bertz CT molecular complexity index is 4160. The number of benzene rings is 9. The summed E-state index contributed by atoms with van der Waals surface area (Å²) >= 11 is 0. The smallest absolute Gasteiger partial charge is 0.252 e. The molecule has 2 aliphatic heterocycles. The maximum Gasteiger partial charge on any atom is 0.252 e. The number of hydrogen-bond donors (Lipinski definition) is 0. The molecule has 2 aliphatic rings. The van der Waals surface area contributed by atoms with Crippen LogP contribution in [0.25, 0.3) is 55.0 Å². The van der Waals surface area contributed by atoms with Crippen LogP contribution in [-0.2, 0) is 6.42 Å². The van der Waals surface area contributed by atoms with Crippen molar-refractivity contribution in [2.75, 3.05) is 9.80 Å². The van der Waals surface area contributed by atoms with Crippen LogP contribution in [0.15, 0.2) is 206 Å². The molecule has 2 aromatic heterocycles.